The van der Waals surface area contributed by atoms with Crippen molar-refractivity contribution in [1.29, 1.82) is 0 Å². The molecule has 0 aromatic carbocycles. The Hall–Kier alpha value is -1.63. The van der Waals surface area contributed by atoms with Gasteiger partial charge in [-0.2, -0.15) is 0 Å². The number of carbonyl (C=O) groups is 2. The fourth-order valence-corrected chi connectivity index (χ4v) is 3.86. The van der Waals surface area contributed by atoms with Gasteiger partial charge in [-0.3, -0.25) is 4.79 Å². The van der Waals surface area contributed by atoms with Gasteiger partial charge in [0.25, 0.3) is 0 Å². The summed E-state index contributed by atoms with van der Waals surface area (Å²) in [5.74, 6) is 0.209. The Balaban J connectivity index is 1.46. The summed E-state index contributed by atoms with van der Waals surface area (Å²) in [5.41, 5.74) is 0. The zero-order valence-electron chi connectivity index (χ0n) is 12.7. The first-order valence-corrected chi connectivity index (χ1v) is 8.82. The van der Waals surface area contributed by atoms with Crippen molar-refractivity contribution in [3.8, 4) is 0 Å². The summed E-state index contributed by atoms with van der Waals surface area (Å²) in [6.07, 6.45) is 6.06. The topological polar surface area (TPSA) is 65.5 Å². The summed E-state index contributed by atoms with van der Waals surface area (Å²) in [4.78, 5) is 32.2. The van der Waals surface area contributed by atoms with Crippen LogP contribution in [0.5, 0.6) is 0 Å². The smallest absolute Gasteiger partial charge is 0.317 e. The highest BCUT2D eigenvalue weighted by Crippen LogP contribution is 2.19. The minimum absolute atomic E-state index is 0.0167. The van der Waals surface area contributed by atoms with E-state index in [1.165, 1.54) is 0 Å². The molecule has 2 aliphatic heterocycles. The molecule has 6 nitrogen and oxygen atoms in total. The number of amides is 3. The first kappa shape index (κ1) is 15.3. The molecule has 120 valence electrons. The van der Waals surface area contributed by atoms with Gasteiger partial charge in [-0.15, -0.1) is 11.3 Å². The van der Waals surface area contributed by atoms with Crippen LogP contribution in [0.3, 0.4) is 0 Å². The van der Waals surface area contributed by atoms with Crippen LogP contribution in [-0.4, -0.2) is 58.9 Å². The van der Waals surface area contributed by atoms with Crippen LogP contribution in [0.2, 0.25) is 0 Å². The SMILES string of the molecule is O=C(CCCc1nccs1)N1CCCC(N2CCNC2=O)C1. The Morgan fingerprint density at radius 2 is 2.36 bits per heavy atom. The molecular formula is C15H22N4O2S. The van der Waals surface area contributed by atoms with Crippen LogP contribution in [0.15, 0.2) is 11.6 Å². The molecular weight excluding hydrogens is 300 g/mol. The maximum absolute atomic E-state index is 12.4. The molecule has 22 heavy (non-hydrogen) atoms. The van der Waals surface area contributed by atoms with Gasteiger partial charge in [0.2, 0.25) is 5.91 Å². The van der Waals surface area contributed by atoms with Crippen LogP contribution < -0.4 is 5.32 Å². The first-order chi connectivity index (χ1) is 10.7. The number of aromatic nitrogens is 1. The molecule has 2 fully saturated rings. The van der Waals surface area contributed by atoms with Gasteiger partial charge in [-0.05, 0) is 25.7 Å². The lowest BCUT2D eigenvalue weighted by molar-refractivity contribution is -0.133. The van der Waals surface area contributed by atoms with Crippen LogP contribution >= 0.6 is 11.3 Å². The van der Waals surface area contributed by atoms with Gasteiger partial charge in [0.1, 0.15) is 0 Å². The second-order valence-electron chi connectivity index (χ2n) is 5.84. The van der Waals surface area contributed by atoms with Crippen LogP contribution in [0.1, 0.15) is 30.7 Å². The number of carbonyl (C=O) groups excluding carboxylic acids is 2. The van der Waals surface area contributed by atoms with E-state index >= 15 is 0 Å². The van der Waals surface area contributed by atoms with E-state index in [2.05, 4.69) is 10.3 Å². The standard InChI is InChI=1S/C15H22N4O2S/c20-14(5-1-4-13-16-7-10-22-13)18-8-2-3-12(11-18)19-9-6-17-15(19)21/h7,10,12H,1-6,8-9,11H2,(H,17,21). The molecule has 1 aromatic rings. The number of aryl methyl sites for hydroxylation is 1. The van der Waals surface area contributed by atoms with Gasteiger partial charge in [-0.25, -0.2) is 9.78 Å². The van der Waals surface area contributed by atoms with Crippen molar-refractivity contribution in [3.63, 3.8) is 0 Å². The Bertz CT molecular complexity index is 520. The zero-order valence-corrected chi connectivity index (χ0v) is 13.5. The predicted molar refractivity (Wildman–Crippen MR) is 84.8 cm³/mol. The summed E-state index contributed by atoms with van der Waals surface area (Å²) in [5, 5.41) is 5.90. The number of nitrogens with zero attached hydrogens (tertiary/aromatic N) is 3. The van der Waals surface area contributed by atoms with E-state index in [1.54, 1.807) is 17.5 Å². The van der Waals surface area contributed by atoms with Gasteiger partial charge in [0.05, 0.1) is 11.0 Å². The molecule has 1 aromatic heterocycles. The van der Waals surface area contributed by atoms with Crippen LogP contribution in [0.25, 0.3) is 0 Å². The van der Waals surface area contributed by atoms with E-state index in [9.17, 15) is 9.59 Å². The molecule has 0 aliphatic carbocycles. The zero-order chi connectivity index (χ0) is 15.4. The fraction of sp³-hybridized carbons (Fsp3) is 0.667. The minimum Gasteiger partial charge on any atom is -0.341 e. The van der Waals surface area contributed by atoms with Gasteiger partial charge >= 0.3 is 6.03 Å². The molecule has 3 heterocycles. The number of thiazole rings is 1. The Labute approximate surface area is 134 Å². The molecule has 3 rings (SSSR count). The summed E-state index contributed by atoms with van der Waals surface area (Å²) in [6, 6.07) is 0.197. The molecule has 2 saturated heterocycles. The monoisotopic (exact) mass is 322 g/mol. The van der Waals surface area contributed by atoms with Crippen molar-refractivity contribution in [2.45, 2.75) is 38.1 Å². The fourth-order valence-electron chi connectivity index (χ4n) is 3.20. The molecule has 0 radical (unpaired) electrons. The van der Waals surface area contributed by atoms with Crippen molar-refractivity contribution in [3.05, 3.63) is 16.6 Å². The predicted octanol–water partition coefficient (Wildman–Crippen LogP) is 1.48. The Morgan fingerprint density at radius 3 is 3.09 bits per heavy atom. The number of nitrogens with one attached hydrogen (secondary N) is 1. The second-order valence-corrected chi connectivity index (χ2v) is 6.82. The largest absolute Gasteiger partial charge is 0.341 e. The highest BCUT2D eigenvalue weighted by Gasteiger charge is 2.32. The van der Waals surface area contributed by atoms with Gasteiger partial charge < -0.3 is 15.1 Å². The number of hydrogen-bond acceptors (Lipinski definition) is 4. The summed E-state index contributed by atoms with van der Waals surface area (Å²) in [6.45, 7) is 2.98. The number of urea groups is 1. The normalized spacial score (nSPS) is 22.0. The van der Waals surface area contributed by atoms with Crippen LogP contribution in [-0.2, 0) is 11.2 Å². The van der Waals surface area contributed by atoms with Gasteiger partial charge in [0.15, 0.2) is 0 Å². The molecule has 1 unspecified atom stereocenters. The summed E-state index contributed by atoms with van der Waals surface area (Å²) in [7, 11) is 0. The molecule has 0 spiro atoms. The third-order valence-electron chi connectivity index (χ3n) is 4.34. The first-order valence-electron chi connectivity index (χ1n) is 7.94. The van der Waals surface area contributed by atoms with E-state index in [-0.39, 0.29) is 18.0 Å². The quantitative estimate of drug-likeness (QED) is 0.893. The average molecular weight is 322 g/mol. The number of hydrogen-bond donors (Lipinski definition) is 1. The lowest BCUT2D eigenvalue weighted by atomic mass is 10.0. The van der Waals surface area contributed by atoms with Crippen LogP contribution in [0, 0.1) is 0 Å². The maximum atomic E-state index is 12.4. The van der Waals surface area contributed by atoms with Crippen molar-refractivity contribution in [2.75, 3.05) is 26.2 Å². The van der Waals surface area contributed by atoms with E-state index in [1.807, 2.05) is 15.2 Å². The summed E-state index contributed by atoms with van der Waals surface area (Å²) < 4.78 is 0. The molecule has 7 heteroatoms. The average Bonchev–Trinajstić information content (AvgIpc) is 3.19. The van der Waals surface area contributed by atoms with Crippen molar-refractivity contribution < 1.29 is 9.59 Å². The van der Waals surface area contributed by atoms with Crippen molar-refractivity contribution >= 4 is 23.3 Å². The molecule has 3 amide bonds. The second kappa shape index (κ2) is 7.09. The molecule has 1 atom stereocenters. The number of rotatable bonds is 5. The lowest BCUT2D eigenvalue weighted by Crippen LogP contribution is -2.50. The summed E-state index contributed by atoms with van der Waals surface area (Å²) >= 11 is 1.64. The number of piperidine rings is 1. The molecule has 0 bridgehead atoms. The molecule has 1 N–H and O–H groups in total. The van der Waals surface area contributed by atoms with E-state index in [0.29, 0.717) is 13.0 Å². The lowest BCUT2D eigenvalue weighted by Gasteiger charge is -2.37. The third kappa shape index (κ3) is 3.58. The Morgan fingerprint density at radius 1 is 1.45 bits per heavy atom. The van der Waals surface area contributed by atoms with E-state index in [4.69, 9.17) is 0 Å². The van der Waals surface area contributed by atoms with Gasteiger partial charge in [0, 0.05) is 44.2 Å². The Kier molecular flexibility index (Phi) is 4.92. The molecule has 0 saturated carbocycles. The van der Waals surface area contributed by atoms with E-state index < -0.39 is 0 Å². The minimum atomic E-state index is 0.0167. The van der Waals surface area contributed by atoms with Gasteiger partial charge in [-0.1, -0.05) is 0 Å². The highest BCUT2D eigenvalue weighted by molar-refractivity contribution is 7.09. The van der Waals surface area contributed by atoms with Crippen LogP contribution in [0.4, 0.5) is 4.79 Å². The highest BCUT2D eigenvalue weighted by atomic mass is 32.1. The number of likely N-dealkylation sites (tertiary alicyclic amines) is 1. The van der Waals surface area contributed by atoms with E-state index in [0.717, 1.165) is 50.3 Å². The molecule has 2 aliphatic rings. The third-order valence-corrected chi connectivity index (χ3v) is 5.18. The van der Waals surface area contributed by atoms with Crippen molar-refractivity contribution in [2.24, 2.45) is 0 Å². The maximum Gasteiger partial charge on any atom is 0.317 e. The van der Waals surface area contributed by atoms with Crippen molar-refractivity contribution in [1.82, 2.24) is 20.1 Å².